The number of benzene rings is 1. The molecule has 0 N–H and O–H groups in total. The second kappa shape index (κ2) is 4.93. The highest BCUT2D eigenvalue weighted by Gasteiger charge is 2.03. The topological polar surface area (TPSA) is 0 Å². The lowest BCUT2D eigenvalue weighted by molar-refractivity contribution is 0.659. The number of hydrogen-bond acceptors (Lipinski definition) is 1. The van der Waals surface area contributed by atoms with Crippen molar-refractivity contribution in [1.82, 2.24) is 0 Å². The Kier molecular flexibility index (Phi) is 4.16. The third-order valence-electron chi connectivity index (χ3n) is 1.84. The lowest BCUT2D eigenvalue weighted by atomic mass is 10.0. The molecule has 0 saturated heterocycles. The number of thiol groups is 1. The summed E-state index contributed by atoms with van der Waals surface area (Å²) in [4.78, 5) is 0. The molecule has 2 heteroatoms. The van der Waals surface area contributed by atoms with Crippen molar-refractivity contribution in [2.24, 2.45) is 5.92 Å². The van der Waals surface area contributed by atoms with Crippen molar-refractivity contribution in [2.45, 2.75) is 13.3 Å². The van der Waals surface area contributed by atoms with Gasteiger partial charge in [0.25, 0.3) is 0 Å². The third kappa shape index (κ3) is 2.83. The van der Waals surface area contributed by atoms with Crippen molar-refractivity contribution >= 4 is 28.6 Å². The first kappa shape index (κ1) is 10.1. The van der Waals surface area contributed by atoms with Gasteiger partial charge in [-0.3, -0.25) is 0 Å². The van der Waals surface area contributed by atoms with Gasteiger partial charge in [-0.05, 0) is 29.7 Å². The summed E-state index contributed by atoms with van der Waals surface area (Å²) in [6, 6.07) is 8.36. The minimum Gasteiger partial charge on any atom is -0.179 e. The maximum Gasteiger partial charge on any atom is 0.0207 e. The zero-order valence-electron chi connectivity index (χ0n) is 7.13. The Morgan fingerprint density at radius 2 is 2.08 bits per heavy atom. The van der Waals surface area contributed by atoms with Crippen molar-refractivity contribution in [3.05, 3.63) is 34.3 Å². The van der Waals surface area contributed by atoms with Crippen molar-refractivity contribution in [2.75, 3.05) is 5.75 Å². The Labute approximate surface area is 87.9 Å². The first-order valence-corrected chi connectivity index (χ1v) is 5.51. The second-order valence-corrected chi connectivity index (χ2v) is 4.30. The quantitative estimate of drug-likeness (QED) is 0.773. The van der Waals surface area contributed by atoms with E-state index in [2.05, 4.69) is 53.7 Å². The molecule has 0 spiro atoms. The van der Waals surface area contributed by atoms with Gasteiger partial charge in [0, 0.05) is 4.47 Å². The smallest absolute Gasteiger partial charge is 0.0207 e. The van der Waals surface area contributed by atoms with Gasteiger partial charge in [-0.1, -0.05) is 41.1 Å². The monoisotopic (exact) mass is 244 g/mol. The standard InChI is InChI=1S/C10H13BrS/c1-8(7-12)6-9-4-2-3-5-10(9)11/h2-5,8,12H,6-7H2,1H3. The molecule has 0 aliphatic rings. The lowest BCUT2D eigenvalue weighted by Gasteiger charge is -2.08. The molecule has 1 rings (SSSR count). The fourth-order valence-electron chi connectivity index (χ4n) is 1.10. The van der Waals surface area contributed by atoms with E-state index in [4.69, 9.17) is 0 Å². The van der Waals surface area contributed by atoms with E-state index in [1.54, 1.807) is 0 Å². The van der Waals surface area contributed by atoms with Crippen LogP contribution in [0, 0.1) is 5.92 Å². The van der Waals surface area contributed by atoms with E-state index >= 15 is 0 Å². The summed E-state index contributed by atoms with van der Waals surface area (Å²) in [5.41, 5.74) is 1.37. The van der Waals surface area contributed by atoms with Crippen LogP contribution in [0.5, 0.6) is 0 Å². The van der Waals surface area contributed by atoms with E-state index in [9.17, 15) is 0 Å². The predicted octanol–water partition coefficient (Wildman–Crippen LogP) is 3.56. The van der Waals surface area contributed by atoms with Crippen LogP contribution in [0.25, 0.3) is 0 Å². The highest BCUT2D eigenvalue weighted by atomic mass is 79.9. The van der Waals surface area contributed by atoms with Crippen LogP contribution < -0.4 is 0 Å². The summed E-state index contributed by atoms with van der Waals surface area (Å²) < 4.78 is 1.21. The summed E-state index contributed by atoms with van der Waals surface area (Å²) in [6.45, 7) is 2.21. The molecule has 0 bridgehead atoms. The van der Waals surface area contributed by atoms with Crippen molar-refractivity contribution in [3.8, 4) is 0 Å². The molecule has 66 valence electrons. The zero-order chi connectivity index (χ0) is 8.97. The van der Waals surface area contributed by atoms with E-state index < -0.39 is 0 Å². The number of hydrogen-bond donors (Lipinski definition) is 1. The molecule has 1 aromatic carbocycles. The van der Waals surface area contributed by atoms with Gasteiger partial charge in [0.15, 0.2) is 0 Å². The molecule has 0 saturated carbocycles. The average molecular weight is 245 g/mol. The number of halogens is 1. The fraction of sp³-hybridized carbons (Fsp3) is 0.400. The summed E-state index contributed by atoms with van der Waals surface area (Å²) in [5, 5.41) is 0. The summed E-state index contributed by atoms with van der Waals surface area (Å²) in [6.07, 6.45) is 1.10. The predicted molar refractivity (Wildman–Crippen MR) is 60.9 cm³/mol. The SMILES string of the molecule is CC(CS)Cc1ccccc1Br. The van der Waals surface area contributed by atoms with Gasteiger partial charge < -0.3 is 0 Å². The molecule has 0 radical (unpaired) electrons. The molecule has 0 amide bonds. The van der Waals surface area contributed by atoms with Crippen LogP contribution in [0.15, 0.2) is 28.7 Å². The maximum atomic E-state index is 4.26. The van der Waals surface area contributed by atoms with Crippen LogP contribution in [-0.4, -0.2) is 5.75 Å². The summed E-state index contributed by atoms with van der Waals surface area (Å²) in [7, 11) is 0. The molecule has 1 aromatic rings. The van der Waals surface area contributed by atoms with E-state index in [0.29, 0.717) is 5.92 Å². The van der Waals surface area contributed by atoms with E-state index in [-0.39, 0.29) is 0 Å². The molecule has 0 fully saturated rings. The Balaban J connectivity index is 2.69. The van der Waals surface area contributed by atoms with Gasteiger partial charge in [-0.2, -0.15) is 12.6 Å². The van der Waals surface area contributed by atoms with Gasteiger partial charge in [-0.15, -0.1) is 0 Å². The molecule has 12 heavy (non-hydrogen) atoms. The van der Waals surface area contributed by atoms with Crippen molar-refractivity contribution in [3.63, 3.8) is 0 Å². The molecule has 0 nitrogen and oxygen atoms in total. The third-order valence-corrected chi connectivity index (χ3v) is 3.23. The largest absolute Gasteiger partial charge is 0.179 e. The average Bonchev–Trinajstić information content (AvgIpc) is 2.09. The number of rotatable bonds is 3. The van der Waals surface area contributed by atoms with Crippen LogP contribution in [0.2, 0.25) is 0 Å². The Bertz CT molecular complexity index is 247. The molecule has 1 atom stereocenters. The molecule has 0 aliphatic heterocycles. The fourth-order valence-corrected chi connectivity index (χ4v) is 1.68. The van der Waals surface area contributed by atoms with Crippen molar-refractivity contribution < 1.29 is 0 Å². The Morgan fingerprint density at radius 3 is 2.67 bits per heavy atom. The molecule has 0 aliphatic carbocycles. The maximum absolute atomic E-state index is 4.26. The first-order valence-electron chi connectivity index (χ1n) is 4.08. The van der Waals surface area contributed by atoms with Crippen LogP contribution in [0.3, 0.4) is 0 Å². The Morgan fingerprint density at radius 1 is 1.42 bits per heavy atom. The van der Waals surface area contributed by atoms with Crippen LogP contribution in [0.1, 0.15) is 12.5 Å². The lowest BCUT2D eigenvalue weighted by Crippen LogP contribution is -2.01. The van der Waals surface area contributed by atoms with Gasteiger partial charge >= 0.3 is 0 Å². The minimum absolute atomic E-state index is 0.645. The summed E-state index contributed by atoms with van der Waals surface area (Å²) >= 11 is 7.79. The molecular formula is C10H13BrS. The van der Waals surface area contributed by atoms with Gasteiger partial charge in [0.2, 0.25) is 0 Å². The second-order valence-electron chi connectivity index (χ2n) is 3.08. The highest BCUT2D eigenvalue weighted by molar-refractivity contribution is 9.10. The first-order chi connectivity index (χ1) is 5.74. The van der Waals surface area contributed by atoms with E-state index in [1.165, 1.54) is 10.0 Å². The van der Waals surface area contributed by atoms with E-state index in [0.717, 1.165) is 12.2 Å². The van der Waals surface area contributed by atoms with Crippen LogP contribution >= 0.6 is 28.6 Å². The van der Waals surface area contributed by atoms with Gasteiger partial charge in [0.1, 0.15) is 0 Å². The van der Waals surface area contributed by atoms with Crippen LogP contribution in [-0.2, 0) is 6.42 Å². The molecule has 0 heterocycles. The Hall–Kier alpha value is 0.0500. The van der Waals surface area contributed by atoms with Gasteiger partial charge in [0.05, 0.1) is 0 Å². The highest BCUT2D eigenvalue weighted by Crippen LogP contribution is 2.19. The molecular weight excluding hydrogens is 232 g/mol. The molecule has 0 aromatic heterocycles. The minimum atomic E-state index is 0.645. The van der Waals surface area contributed by atoms with Gasteiger partial charge in [-0.25, -0.2) is 0 Å². The van der Waals surface area contributed by atoms with E-state index in [1.807, 2.05) is 6.07 Å². The zero-order valence-corrected chi connectivity index (χ0v) is 9.61. The summed E-state index contributed by atoms with van der Waals surface area (Å²) in [5.74, 6) is 1.59. The molecule has 1 unspecified atom stereocenters. The normalized spacial score (nSPS) is 12.9. The van der Waals surface area contributed by atoms with Crippen molar-refractivity contribution in [1.29, 1.82) is 0 Å². The van der Waals surface area contributed by atoms with Crippen LogP contribution in [0.4, 0.5) is 0 Å².